The molecule has 2 atom stereocenters. The Balaban J connectivity index is 1.53. The van der Waals surface area contributed by atoms with E-state index < -0.39 is 0 Å². The van der Waals surface area contributed by atoms with Gasteiger partial charge in [0.05, 0.1) is 11.4 Å². The average Bonchev–Trinajstić information content (AvgIpc) is 3.00. The smallest absolute Gasteiger partial charge is 0.261 e. The van der Waals surface area contributed by atoms with E-state index in [1.54, 1.807) is 18.3 Å². The molecular weight excluding hydrogens is 316 g/mol. The fourth-order valence-corrected chi connectivity index (χ4v) is 3.91. The van der Waals surface area contributed by atoms with Gasteiger partial charge in [-0.2, -0.15) is 0 Å². The van der Waals surface area contributed by atoms with E-state index in [4.69, 9.17) is 0 Å². The standard InChI is InChI=1S/C19H22N4O2/c24-18-15(4-5-17(22-18)16-3-1-2-8-21-16)19(25)23-9-6-13-11-20-12-14(13)7-10-23/h1-5,8,13-14,20H,6-7,9-12H2,(H,22,24)/t13-,14+. The van der Waals surface area contributed by atoms with Gasteiger partial charge in [0, 0.05) is 19.3 Å². The first-order chi connectivity index (χ1) is 12.2. The van der Waals surface area contributed by atoms with Crippen molar-refractivity contribution in [1.82, 2.24) is 20.2 Å². The first-order valence-electron chi connectivity index (χ1n) is 8.87. The van der Waals surface area contributed by atoms with Crippen LogP contribution in [0, 0.1) is 11.8 Å². The molecule has 4 heterocycles. The maximum Gasteiger partial charge on any atom is 0.261 e. The van der Waals surface area contributed by atoms with Gasteiger partial charge in [-0.1, -0.05) is 6.07 Å². The number of likely N-dealkylation sites (tertiary alicyclic amines) is 1. The van der Waals surface area contributed by atoms with E-state index in [1.807, 2.05) is 23.1 Å². The van der Waals surface area contributed by atoms with Crippen LogP contribution in [-0.4, -0.2) is 47.0 Å². The van der Waals surface area contributed by atoms with Crippen molar-refractivity contribution in [2.24, 2.45) is 11.8 Å². The molecule has 1 amide bonds. The summed E-state index contributed by atoms with van der Waals surface area (Å²) in [5.74, 6) is 1.15. The summed E-state index contributed by atoms with van der Waals surface area (Å²) in [5, 5.41) is 3.43. The minimum Gasteiger partial charge on any atom is -0.338 e. The third-order valence-corrected chi connectivity index (χ3v) is 5.39. The van der Waals surface area contributed by atoms with E-state index in [9.17, 15) is 9.59 Å². The number of pyridine rings is 2. The summed E-state index contributed by atoms with van der Waals surface area (Å²) in [6.07, 6.45) is 3.69. The molecule has 130 valence electrons. The zero-order valence-electron chi connectivity index (χ0n) is 14.1. The van der Waals surface area contributed by atoms with Crippen LogP contribution in [0.2, 0.25) is 0 Å². The highest BCUT2D eigenvalue weighted by Crippen LogP contribution is 2.27. The SMILES string of the molecule is O=C(c1ccc(-c2ccccn2)[nH]c1=O)N1CC[C@@H]2CNC[C@@H]2CC1. The van der Waals surface area contributed by atoms with Crippen LogP contribution in [0.1, 0.15) is 23.2 Å². The van der Waals surface area contributed by atoms with E-state index in [-0.39, 0.29) is 17.0 Å². The molecule has 6 nitrogen and oxygen atoms in total. The van der Waals surface area contributed by atoms with Crippen LogP contribution in [0.15, 0.2) is 41.3 Å². The third-order valence-electron chi connectivity index (χ3n) is 5.39. The number of aromatic nitrogens is 2. The predicted molar refractivity (Wildman–Crippen MR) is 95.3 cm³/mol. The minimum absolute atomic E-state index is 0.165. The number of nitrogens with one attached hydrogen (secondary N) is 2. The molecule has 2 aromatic rings. The lowest BCUT2D eigenvalue weighted by atomic mass is 9.92. The summed E-state index contributed by atoms with van der Waals surface area (Å²) in [4.78, 5) is 34.1. The van der Waals surface area contributed by atoms with Gasteiger partial charge < -0.3 is 15.2 Å². The molecule has 2 N–H and O–H groups in total. The van der Waals surface area contributed by atoms with Crippen LogP contribution in [0.3, 0.4) is 0 Å². The van der Waals surface area contributed by atoms with Crippen LogP contribution >= 0.6 is 0 Å². The van der Waals surface area contributed by atoms with E-state index in [2.05, 4.69) is 15.3 Å². The molecule has 0 radical (unpaired) electrons. The first-order valence-corrected chi connectivity index (χ1v) is 8.87. The quantitative estimate of drug-likeness (QED) is 0.870. The minimum atomic E-state index is -0.348. The highest BCUT2D eigenvalue weighted by atomic mass is 16.2. The van der Waals surface area contributed by atoms with Gasteiger partial charge in [0.1, 0.15) is 5.56 Å². The van der Waals surface area contributed by atoms with E-state index in [0.717, 1.165) is 39.0 Å². The molecule has 0 spiro atoms. The van der Waals surface area contributed by atoms with Gasteiger partial charge in [0.15, 0.2) is 0 Å². The fourth-order valence-electron chi connectivity index (χ4n) is 3.91. The van der Waals surface area contributed by atoms with Gasteiger partial charge in [-0.3, -0.25) is 14.6 Å². The summed E-state index contributed by atoms with van der Waals surface area (Å²) in [5.41, 5.74) is 1.18. The molecule has 4 rings (SSSR count). The molecule has 2 aliphatic heterocycles. The second kappa shape index (κ2) is 6.80. The maximum atomic E-state index is 12.8. The number of hydrogen-bond acceptors (Lipinski definition) is 4. The summed E-state index contributed by atoms with van der Waals surface area (Å²) < 4.78 is 0. The molecule has 0 unspecified atom stereocenters. The Kier molecular flexibility index (Phi) is 4.36. The van der Waals surface area contributed by atoms with Crippen molar-refractivity contribution in [3.8, 4) is 11.4 Å². The van der Waals surface area contributed by atoms with Crippen molar-refractivity contribution in [2.75, 3.05) is 26.2 Å². The first kappa shape index (κ1) is 16.0. The molecule has 2 aliphatic rings. The summed E-state index contributed by atoms with van der Waals surface area (Å²) >= 11 is 0. The molecule has 6 heteroatoms. The second-order valence-corrected chi connectivity index (χ2v) is 6.88. The van der Waals surface area contributed by atoms with Crippen molar-refractivity contribution in [3.63, 3.8) is 0 Å². The molecule has 2 aromatic heterocycles. The Morgan fingerprint density at radius 2 is 1.84 bits per heavy atom. The van der Waals surface area contributed by atoms with Crippen molar-refractivity contribution in [1.29, 1.82) is 0 Å². The van der Waals surface area contributed by atoms with Gasteiger partial charge in [0.2, 0.25) is 0 Å². The molecule has 0 saturated carbocycles. The largest absolute Gasteiger partial charge is 0.338 e. The zero-order valence-corrected chi connectivity index (χ0v) is 14.1. The van der Waals surface area contributed by atoms with Gasteiger partial charge in [-0.25, -0.2) is 0 Å². The second-order valence-electron chi connectivity index (χ2n) is 6.88. The number of rotatable bonds is 2. The highest BCUT2D eigenvalue weighted by molar-refractivity contribution is 5.94. The topological polar surface area (TPSA) is 78.1 Å². The van der Waals surface area contributed by atoms with Gasteiger partial charge in [-0.05, 0) is 62.0 Å². The molecular formula is C19H22N4O2. The van der Waals surface area contributed by atoms with Gasteiger partial charge >= 0.3 is 0 Å². The zero-order chi connectivity index (χ0) is 17.2. The Hall–Kier alpha value is -2.47. The average molecular weight is 338 g/mol. The normalized spacial score (nSPS) is 23.1. The van der Waals surface area contributed by atoms with Gasteiger partial charge in [0.25, 0.3) is 11.5 Å². The Morgan fingerprint density at radius 3 is 2.48 bits per heavy atom. The lowest BCUT2D eigenvalue weighted by molar-refractivity contribution is 0.0756. The van der Waals surface area contributed by atoms with E-state index in [1.165, 1.54) is 0 Å². The number of aromatic amines is 1. The highest BCUT2D eigenvalue weighted by Gasteiger charge is 2.32. The number of hydrogen-bond donors (Lipinski definition) is 2. The summed E-state index contributed by atoms with van der Waals surface area (Å²) in [6, 6.07) is 8.90. The predicted octanol–water partition coefficient (Wildman–Crippen LogP) is 1.51. The Bertz CT molecular complexity index is 804. The van der Waals surface area contributed by atoms with E-state index in [0.29, 0.717) is 23.2 Å². The molecule has 2 fully saturated rings. The van der Waals surface area contributed by atoms with Crippen molar-refractivity contribution in [2.45, 2.75) is 12.8 Å². The number of amides is 1. The van der Waals surface area contributed by atoms with Crippen molar-refractivity contribution >= 4 is 5.91 Å². The van der Waals surface area contributed by atoms with Crippen LogP contribution in [-0.2, 0) is 0 Å². The fraction of sp³-hybridized carbons (Fsp3) is 0.421. The lowest BCUT2D eigenvalue weighted by Gasteiger charge is -2.20. The van der Waals surface area contributed by atoms with Crippen LogP contribution < -0.4 is 10.9 Å². The summed E-state index contributed by atoms with van der Waals surface area (Å²) in [6.45, 7) is 3.55. The molecule has 25 heavy (non-hydrogen) atoms. The van der Waals surface area contributed by atoms with Crippen molar-refractivity contribution in [3.05, 3.63) is 52.4 Å². The Morgan fingerprint density at radius 1 is 1.08 bits per heavy atom. The number of H-pyrrole nitrogens is 1. The molecule has 0 aliphatic carbocycles. The number of carbonyl (C=O) groups is 1. The van der Waals surface area contributed by atoms with Crippen LogP contribution in [0.25, 0.3) is 11.4 Å². The molecule has 0 aromatic carbocycles. The lowest BCUT2D eigenvalue weighted by Crippen LogP contribution is -2.36. The summed E-state index contributed by atoms with van der Waals surface area (Å²) in [7, 11) is 0. The number of carbonyl (C=O) groups excluding carboxylic acids is 1. The number of nitrogens with zero attached hydrogens (tertiary/aromatic N) is 2. The van der Waals surface area contributed by atoms with Crippen LogP contribution in [0.4, 0.5) is 0 Å². The third kappa shape index (κ3) is 3.22. The molecule has 0 bridgehead atoms. The Labute approximate surface area is 146 Å². The van der Waals surface area contributed by atoms with E-state index >= 15 is 0 Å². The molecule has 2 saturated heterocycles. The monoisotopic (exact) mass is 338 g/mol. The van der Waals surface area contributed by atoms with Crippen LogP contribution in [0.5, 0.6) is 0 Å². The van der Waals surface area contributed by atoms with Gasteiger partial charge in [-0.15, -0.1) is 0 Å². The number of fused-ring (bicyclic) bond motifs is 1. The maximum absolute atomic E-state index is 12.8. The van der Waals surface area contributed by atoms with Crippen molar-refractivity contribution < 1.29 is 4.79 Å².